The third-order valence-electron chi connectivity index (χ3n) is 20.9. The summed E-state index contributed by atoms with van der Waals surface area (Å²) in [5.41, 5.74) is 7.17. The minimum atomic E-state index is -1.13. The summed E-state index contributed by atoms with van der Waals surface area (Å²) in [5, 5.41) is 20.2. The van der Waals surface area contributed by atoms with Crippen LogP contribution in [0.2, 0.25) is 0 Å². The molecule has 0 spiro atoms. The van der Waals surface area contributed by atoms with Crippen LogP contribution in [-0.2, 0) is 70.4 Å². The van der Waals surface area contributed by atoms with Crippen LogP contribution in [-0.4, -0.2) is 218 Å². The van der Waals surface area contributed by atoms with Crippen LogP contribution in [0.25, 0.3) is 0 Å². The van der Waals surface area contributed by atoms with Gasteiger partial charge in [-0.1, -0.05) is 145 Å². The Balaban J connectivity index is 1.44. The monoisotopic (exact) mass is 1460 g/mol. The van der Waals surface area contributed by atoms with E-state index >= 15 is 0 Å². The van der Waals surface area contributed by atoms with Crippen molar-refractivity contribution in [2.45, 2.75) is 253 Å². The van der Waals surface area contributed by atoms with Gasteiger partial charge in [-0.25, -0.2) is 4.79 Å². The highest BCUT2D eigenvalue weighted by Gasteiger charge is 2.44. The highest BCUT2D eigenvalue weighted by Crippen LogP contribution is 2.31. The number of urea groups is 1. The molecule has 2 fully saturated rings. The molecular formula is C78H129N13O13. The van der Waals surface area contributed by atoms with Gasteiger partial charge in [0.2, 0.25) is 59.1 Å². The van der Waals surface area contributed by atoms with Crippen molar-refractivity contribution in [3.63, 3.8) is 0 Å². The number of likely N-dealkylation sites (tertiary alicyclic amines) is 2. The van der Waals surface area contributed by atoms with Gasteiger partial charge in [0.25, 0.3) is 0 Å². The first-order valence-corrected chi connectivity index (χ1v) is 38.2. The van der Waals surface area contributed by atoms with E-state index < -0.39 is 96.0 Å². The molecule has 2 aromatic rings. The maximum Gasteiger partial charge on any atom is 0.312 e. The van der Waals surface area contributed by atoms with E-state index in [4.69, 9.17) is 15.2 Å². The van der Waals surface area contributed by atoms with E-state index in [0.717, 1.165) is 44.2 Å². The van der Waals surface area contributed by atoms with Crippen LogP contribution in [0, 0.1) is 35.5 Å². The van der Waals surface area contributed by atoms with Crippen LogP contribution in [0.3, 0.4) is 0 Å². The second kappa shape index (κ2) is 44.9. The molecule has 104 heavy (non-hydrogen) atoms. The number of unbranched alkanes of at least 4 members (excludes halogenated alkanes) is 2. The number of ether oxygens (including phenoxy) is 2. The first-order chi connectivity index (χ1) is 49.4. The number of benzene rings is 2. The number of methoxy groups -OCH3 is 2. The van der Waals surface area contributed by atoms with Crippen molar-refractivity contribution < 1.29 is 62.2 Å². The van der Waals surface area contributed by atoms with Crippen molar-refractivity contribution in [2.75, 3.05) is 73.4 Å². The summed E-state index contributed by atoms with van der Waals surface area (Å²) in [6.45, 7) is 25.5. The van der Waals surface area contributed by atoms with Crippen molar-refractivity contribution in [1.29, 1.82) is 0 Å². The van der Waals surface area contributed by atoms with Crippen LogP contribution < -0.4 is 43.0 Å². The summed E-state index contributed by atoms with van der Waals surface area (Å²) < 4.78 is 12.3. The standard InChI is InChI=1S/C78H129N13O13/c1-18-22-26-42-87(13)68(51(9)10)75(99)86-67(50(7)8)77(101)89(15)69(52(11)19-2)62(103-16)47-65(94)91-43-28-32-61(91)70(104-17)53(12)71(95)84-60(46-54-29-24-23-25-30-54)76(100)88(14)48-55-33-35-58(36-34-55)82-73(97)59(31-27-41-80-78(79)102)83-74(98)66(49(5)6)85-63(92)37-38-64(93)90-44-39-56(40-45-90)72(96)81-57(20-3)21-4/h23-25,29-30,33-36,49-53,56-57,59-62,66-70H,18-22,26-28,31-32,37-48H2,1-17H3,(H,81,96)(H,82,97)(H,83,98)(H,84,95)(H,85,92)(H,86,99)(H3,79,80,102)/t52-,53+,59-,60-,61-,62+,66-,67-,68-,69-,70+/m0/s1. The molecule has 4 rings (SSSR count). The molecule has 0 unspecified atom stereocenters. The summed E-state index contributed by atoms with van der Waals surface area (Å²) in [7, 11) is 8.37. The Kier molecular flexibility index (Phi) is 38.3. The topological polar surface area (TPSA) is 333 Å². The third kappa shape index (κ3) is 27.3. The Labute approximate surface area is 620 Å². The average Bonchev–Trinajstić information content (AvgIpc) is 1.44. The molecule has 0 bridgehead atoms. The van der Waals surface area contributed by atoms with E-state index in [1.165, 1.54) is 12.0 Å². The number of hydrogen-bond donors (Lipinski definition) is 8. The van der Waals surface area contributed by atoms with Crippen LogP contribution in [0.15, 0.2) is 54.6 Å². The van der Waals surface area contributed by atoms with Gasteiger partial charge in [0, 0.05) is 97.9 Å². The molecule has 0 aromatic heterocycles. The van der Waals surface area contributed by atoms with Gasteiger partial charge in [0.15, 0.2) is 0 Å². The van der Waals surface area contributed by atoms with Crippen LogP contribution >= 0.6 is 0 Å². The lowest BCUT2D eigenvalue weighted by molar-refractivity contribution is -0.148. The molecule has 0 saturated carbocycles. The fourth-order valence-electron chi connectivity index (χ4n) is 14.3. The van der Waals surface area contributed by atoms with E-state index in [2.05, 4.69) is 49.0 Å². The molecule has 26 heteroatoms. The molecule has 2 saturated heterocycles. The molecule has 584 valence electrons. The number of likely N-dealkylation sites (N-methyl/N-ethyl adjacent to an activating group) is 3. The molecule has 0 aliphatic carbocycles. The van der Waals surface area contributed by atoms with Gasteiger partial charge in [-0.05, 0) is 118 Å². The molecule has 2 aromatic carbocycles. The van der Waals surface area contributed by atoms with Gasteiger partial charge in [-0.2, -0.15) is 0 Å². The summed E-state index contributed by atoms with van der Waals surface area (Å²) >= 11 is 0. The van der Waals surface area contributed by atoms with Gasteiger partial charge < -0.3 is 72.0 Å². The number of primary amides is 1. The Morgan fingerprint density at radius 1 is 0.615 bits per heavy atom. The molecule has 12 amide bonds. The van der Waals surface area contributed by atoms with E-state index in [-0.39, 0.29) is 117 Å². The van der Waals surface area contributed by atoms with Crippen molar-refractivity contribution in [3.8, 4) is 0 Å². The van der Waals surface area contributed by atoms with E-state index in [1.54, 1.807) is 80.9 Å². The molecule has 0 radical (unpaired) electrons. The van der Waals surface area contributed by atoms with Crippen LogP contribution in [0.1, 0.15) is 191 Å². The predicted octanol–water partition coefficient (Wildman–Crippen LogP) is 6.92. The number of carbonyl (C=O) groups excluding carboxylic acids is 11. The number of hydrogen-bond acceptors (Lipinski definition) is 14. The summed E-state index contributed by atoms with van der Waals surface area (Å²) in [5.74, 6) is -5.26. The van der Waals surface area contributed by atoms with Gasteiger partial charge in [0.05, 0.1) is 42.7 Å². The molecule has 2 aliphatic rings. The number of nitrogens with one attached hydrogen (secondary N) is 7. The van der Waals surface area contributed by atoms with E-state index in [1.807, 2.05) is 92.8 Å². The lowest BCUT2D eigenvalue weighted by Crippen LogP contribution is -2.60. The first kappa shape index (κ1) is 88.7. The van der Waals surface area contributed by atoms with Gasteiger partial charge in [-0.3, -0.25) is 52.8 Å². The maximum absolute atomic E-state index is 14.8. The lowest BCUT2D eigenvalue weighted by Gasteiger charge is -2.41. The highest BCUT2D eigenvalue weighted by atomic mass is 16.5. The van der Waals surface area contributed by atoms with Gasteiger partial charge in [0.1, 0.15) is 24.2 Å². The van der Waals surface area contributed by atoms with Crippen molar-refractivity contribution in [1.82, 2.24) is 56.4 Å². The quantitative estimate of drug-likeness (QED) is 0.0313. The third-order valence-corrected chi connectivity index (χ3v) is 20.9. The predicted molar refractivity (Wildman–Crippen MR) is 404 cm³/mol. The van der Waals surface area contributed by atoms with E-state index in [9.17, 15) is 52.7 Å². The minimum Gasteiger partial charge on any atom is -0.379 e. The first-order valence-electron chi connectivity index (χ1n) is 38.2. The fourth-order valence-corrected chi connectivity index (χ4v) is 14.3. The normalized spacial score (nSPS) is 17.0. The number of carbonyl (C=O) groups is 11. The van der Waals surface area contributed by atoms with Crippen LogP contribution in [0.5, 0.6) is 0 Å². The fraction of sp³-hybridized carbons (Fsp3) is 0.705. The van der Waals surface area contributed by atoms with Gasteiger partial charge in [-0.15, -0.1) is 0 Å². The summed E-state index contributed by atoms with van der Waals surface area (Å²) in [6, 6.07) is 9.92. The Bertz CT molecular complexity index is 3050. The lowest BCUT2D eigenvalue weighted by atomic mass is 9.89. The average molecular weight is 1460 g/mol. The Hall–Kier alpha value is -7.71. The number of rotatable bonds is 44. The zero-order valence-corrected chi connectivity index (χ0v) is 65.6. The SMILES string of the molecule is CCCCCN(C)[C@H](C(=O)N[C@H](C(=O)N(C)[C@@H]([C@@H](C)CC)[C@@H](CC(=O)N1CCC[C@H]1[C@H](OC)[C@@H](C)C(=O)N[C@@H](Cc1ccccc1)C(=O)N(C)Cc1ccc(NC(=O)[C@H](CCCNC(N)=O)NC(=O)[C@@H](NC(=O)CCC(=O)N2CCC(C(=O)NC(CC)CC)CC2)C(C)C)cc1)OC)C(C)C)C(C)C. The number of amides is 12. The maximum atomic E-state index is 14.8. The van der Waals surface area contributed by atoms with Crippen LogP contribution in [0.4, 0.5) is 10.5 Å². The highest BCUT2D eigenvalue weighted by molar-refractivity contribution is 5.99. The Morgan fingerprint density at radius 3 is 1.82 bits per heavy atom. The second-order valence-corrected chi connectivity index (χ2v) is 29.8. The van der Waals surface area contributed by atoms with E-state index in [0.29, 0.717) is 63.0 Å². The molecule has 2 heterocycles. The summed E-state index contributed by atoms with van der Waals surface area (Å²) in [4.78, 5) is 161. The second-order valence-electron chi connectivity index (χ2n) is 29.8. The molecular weight excluding hydrogens is 1330 g/mol. The molecule has 26 nitrogen and oxygen atoms in total. The van der Waals surface area contributed by atoms with Crippen molar-refractivity contribution in [2.24, 2.45) is 41.2 Å². The number of anilines is 1. The smallest absolute Gasteiger partial charge is 0.312 e. The number of nitrogens with zero attached hydrogens (tertiary/aromatic N) is 5. The largest absolute Gasteiger partial charge is 0.379 e. The molecule has 9 N–H and O–H groups in total. The van der Waals surface area contributed by atoms with Crippen molar-refractivity contribution in [3.05, 3.63) is 65.7 Å². The minimum absolute atomic E-state index is 0.000826. The van der Waals surface area contributed by atoms with Crippen molar-refractivity contribution >= 4 is 70.8 Å². The summed E-state index contributed by atoms with van der Waals surface area (Å²) in [6.07, 6.45) is 6.35. The number of nitrogens with two attached hydrogens (primary N) is 1. The molecule has 11 atom stereocenters. The van der Waals surface area contributed by atoms with Gasteiger partial charge >= 0.3 is 6.03 Å². The zero-order chi connectivity index (χ0) is 77.5. The Morgan fingerprint density at radius 2 is 1.25 bits per heavy atom. The zero-order valence-electron chi connectivity index (χ0n) is 65.6. The number of piperidine rings is 1. The molecule has 2 aliphatic heterocycles.